The molecule has 0 aliphatic heterocycles. The number of hydrogen-bond donors (Lipinski definition) is 2. The molecule has 0 aliphatic carbocycles. The molecule has 0 amide bonds. The van der Waals surface area contributed by atoms with Crippen molar-refractivity contribution in [3.63, 3.8) is 0 Å². The average Bonchev–Trinajstić information content (AvgIpc) is 2.35. The zero-order valence-corrected chi connectivity index (χ0v) is 10.2. The van der Waals surface area contributed by atoms with Gasteiger partial charge < -0.3 is 11.1 Å². The third-order valence-electron chi connectivity index (χ3n) is 2.81. The Labute approximate surface area is 102 Å². The zero-order valence-electron chi connectivity index (χ0n) is 10.2. The lowest BCUT2D eigenvalue weighted by molar-refractivity contribution is 1.14. The molecular formula is C14H17N3. The number of pyridine rings is 1. The Kier molecular flexibility index (Phi) is 3.28. The van der Waals surface area contributed by atoms with E-state index in [0.717, 1.165) is 23.5 Å². The van der Waals surface area contributed by atoms with Crippen molar-refractivity contribution in [3.05, 3.63) is 47.7 Å². The van der Waals surface area contributed by atoms with E-state index in [1.54, 1.807) is 6.20 Å². The molecule has 0 unspecified atom stereocenters. The molecule has 2 rings (SSSR count). The third kappa shape index (κ3) is 2.56. The molecule has 0 atom stereocenters. The second-order valence-electron chi connectivity index (χ2n) is 4.07. The smallest absolute Gasteiger partial charge is 0.153 e. The quantitative estimate of drug-likeness (QED) is 0.846. The minimum atomic E-state index is 0.703. The van der Waals surface area contributed by atoms with Gasteiger partial charge in [0.25, 0.3) is 0 Å². The van der Waals surface area contributed by atoms with Crippen LogP contribution in [0.25, 0.3) is 0 Å². The minimum Gasteiger partial charge on any atom is -0.396 e. The number of nitrogens with one attached hydrogen (secondary N) is 1. The molecule has 0 aliphatic rings. The molecule has 0 bridgehead atoms. The highest BCUT2D eigenvalue weighted by Gasteiger charge is 2.03. The second-order valence-corrected chi connectivity index (χ2v) is 4.07. The predicted octanol–water partition coefficient (Wildman–Crippen LogP) is 3.28. The Bertz CT molecular complexity index is 521. The first-order valence-corrected chi connectivity index (χ1v) is 5.77. The van der Waals surface area contributed by atoms with E-state index in [-0.39, 0.29) is 0 Å². The lowest BCUT2D eigenvalue weighted by Gasteiger charge is -2.10. The molecule has 1 heterocycles. The van der Waals surface area contributed by atoms with Crippen molar-refractivity contribution in [2.24, 2.45) is 0 Å². The molecule has 3 heteroatoms. The molecule has 17 heavy (non-hydrogen) atoms. The Morgan fingerprint density at radius 1 is 1.29 bits per heavy atom. The van der Waals surface area contributed by atoms with E-state index in [1.807, 2.05) is 25.1 Å². The fourth-order valence-corrected chi connectivity index (χ4v) is 1.68. The molecule has 1 aromatic carbocycles. The number of aromatic nitrogens is 1. The van der Waals surface area contributed by atoms with E-state index in [1.165, 1.54) is 5.56 Å². The third-order valence-corrected chi connectivity index (χ3v) is 2.81. The van der Waals surface area contributed by atoms with Gasteiger partial charge in [0.2, 0.25) is 0 Å². The second kappa shape index (κ2) is 4.87. The number of benzene rings is 1. The highest BCUT2D eigenvalue weighted by molar-refractivity contribution is 5.71. The maximum atomic E-state index is 5.98. The first-order valence-electron chi connectivity index (χ1n) is 5.77. The van der Waals surface area contributed by atoms with Crippen molar-refractivity contribution in [1.82, 2.24) is 4.98 Å². The van der Waals surface area contributed by atoms with E-state index < -0.39 is 0 Å². The molecule has 0 saturated heterocycles. The molecule has 0 saturated carbocycles. The lowest BCUT2D eigenvalue weighted by Crippen LogP contribution is -2.01. The van der Waals surface area contributed by atoms with Gasteiger partial charge in [0.05, 0.1) is 5.69 Å². The summed E-state index contributed by atoms with van der Waals surface area (Å²) in [6.45, 7) is 4.11. The summed E-state index contributed by atoms with van der Waals surface area (Å²) in [5.74, 6) is 0.721. The van der Waals surface area contributed by atoms with Crippen LogP contribution in [0.5, 0.6) is 0 Å². The van der Waals surface area contributed by atoms with Crippen LogP contribution < -0.4 is 11.1 Å². The van der Waals surface area contributed by atoms with Crippen LogP contribution in [-0.2, 0) is 6.42 Å². The maximum Gasteiger partial charge on any atom is 0.153 e. The molecule has 0 fully saturated rings. The average molecular weight is 227 g/mol. The summed E-state index contributed by atoms with van der Waals surface area (Å²) in [5.41, 5.74) is 10.0. The summed E-state index contributed by atoms with van der Waals surface area (Å²) in [5, 5.41) is 3.25. The van der Waals surface area contributed by atoms with Crippen LogP contribution in [0.3, 0.4) is 0 Å². The van der Waals surface area contributed by atoms with Crippen LogP contribution in [0.2, 0.25) is 0 Å². The van der Waals surface area contributed by atoms with Gasteiger partial charge in [0.1, 0.15) is 0 Å². The zero-order chi connectivity index (χ0) is 12.3. The summed E-state index contributed by atoms with van der Waals surface area (Å²) in [4.78, 5) is 4.25. The van der Waals surface area contributed by atoms with Crippen molar-refractivity contribution < 1.29 is 0 Å². The Hall–Kier alpha value is -2.03. The van der Waals surface area contributed by atoms with Crippen molar-refractivity contribution in [3.8, 4) is 0 Å². The standard InChI is InChI=1S/C14H17N3/c1-3-11-5-4-6-12(9-11)17-14-13(15)10(2)7-8-16-14/h4-9H,3,15H2,1-2H3,(H,16,17). The fourth-order valence-electron chi connectivity index (χ4n) is 1.68. The van der Waals surface area contributed by atoms with Gasteiger partial charge in [0.15, 0.2) is 5.82 Å². The lowest BCUT2D eigenvalue weighted by atomic mass is 10.1. The Morgan fingerprint density at radius 3 is 2.88 bits per heavy atom. The van der Waals surface area contributed by atoms with Crippen LogP contribution in [0, 0.1) is 6.92 Å². The summed E-state index contributed by atoms with van der Waals surface area (Å²) >= 11 is 0. The molecular weight excluding hydrogens is 210 g/mol. The van der Waals surface area contributed by atoms with Gasteiger partial charge in [-0.2, -0.15) is 0 Å². The van der Waals surface area contributed by atoms with Crippen LogP contribution in [0.15, 0.2) is 36.5 Å². The molecule has 3 nitrogen and oxygen atoms in total. The van der Waals surface area contributed by atoms with Gasteiger partial charge >= 0.3 is 0 Å². The largest absolute Gasteiger partial charge is 0.396 e. The predicted molar refractivity (Wildman–Crippen MR) is 72.5 cm³/mol. The topological polar surface area (TPSA) is 50.9 Å². The van der Waals surface area contributed by atoms with Gasteiger partial charge in [-0.25, -0.2) is 4.98 Å². The normalized spacial score (nSPS) is 10.2. The first kappa shape index (κ1) is 11.5. The number of nitrogens with zero attached hydrogens (tertiary/aromatic N) is 1. The van der Waals surface area contributed by atoms with Crippen molar-refractivity contribution in [2.75, 3.05) is 11.1 Å². The van der Waals surface area contributed by atoms with E-state index in [4.69, 9.17) is 5.73 Å². The molecule has 1 aromatic heterocycles. The van der Waals surface area contributed by atoms with Crippen LogP contribution in [0.4, 0.5) is 17.2 Å². The molecule has 0 radical (unpaired) electrons. The Balaban J connectivity index is 2.28. The number of anilines is 3. The van der Waals surface area contributed by atoms with Crippen molar-refractivity contribution in [2.45, 2.75) is 20.3 Å². The molecule has 2 aromatic rings. The number of hydrogen-bond acceptors (Lipinski definition) is 3. The monoisotopic (exact) mass is 227 g/mol. The summed E-state index contributed by atoms with van der Waals surface area (Å²) in [6, 6.07) is 10.2. The van der Waals surface area contributed by atoms with Gasteiger partial charge in [0, 0.05) is 11.9 Å². The minimum absolute atomic E-state index is 0.703. The highest BCUT2D eigenvalue weighted by Crippen LogP contribution is 2.23. The first-order chi connectivity index (χ1) is 8.20. The van der Waals surface area contributed by atoms with Crippen molar-refractivity contribution in [1.29, 1.82) is 0 Å². The van der Waals surface area contributed by atoms with Gasteiger partial charge in [-0.3, -0.25) is 0 Å². The summed E-state index contributed by atoms with van der Waals surface area (Å²) in [7, 11) is 0. The fraction of sp³-hybridized carbons (Fsp3) is 0.214. The van der Waals surface area contributed by atoms with Gasteiger partial charge in [-0.05, 0) is 42.7 Å². The Morgan fingerprint density at radius 2 is 2.12 bits per heavy atom. The van der Waals surface area contributed by atoms with E-state index in [9.17, 15) is 0 Å². The SMILES string of the molecule is CCc1cccc(Nc2nccc(C)c2N)c1. The molecule has 3 N–H and O–H groups in total. The van der Waals surface area contributed by atoms with Crippen LogP contribution in [0.1, 0.15) is 18.1 Å². The summed E-state index contributed by atoms with van der Waals surface area (Å²) in [6.07, 6.45) is 2.78. The number of nitrogen functional groups attached to an aromatic ring is 1. The number of rotatable bonds is 3. The molecule has 88 valence electrons. The van der Waals surface area contributed by atoms with E-state index >= 15 is 0 Å². The van der Waals surface area contributed by atoms with Crippen LogP contribution in [-0.4, -0.2) is 4.98 Å². The highest BCUT2D eigenvalue weighted by atomic mass is 15.0. The summed E-state index contributed by atoms with van der Waals surface area (Å²) < 4.78 is 0. The van der Waals surface area contributed by atoms with Crippen LogP contribution >= 0.6 is 0 Å². The molecule has 0 spiro atoms. The number of nitrogens with two attached hydrogens (primary N) is 1. The maximum absolute atomic E-state index is 5.98. The number of aryl methyl sites for hydroxylation is 2. The van der Waals surface area contributed by atoms with Gasteiger partial charge in [-0.1, -0.05) is 19.1 Å². The van der Waals surface area contributed by atoms with Crippen molar-refractivity contribution >= 4 is 17.2 Å². The van der Waals surface area contributed by atoms with Gasteiger partial charge in [-0.15, -0.1) is 0 Å². The van der Waals surface area contributed by atoms with E-state index in [2.05, 4.69) is 29.4 Å². The van der Waals surface area contributed by atoms with E-state index in [0.29, 0.717) is 5.69 Å².